The van der Waals surface area contributed by atoms with E-state index >= 15 is 0 Å². The van der Waals surface area contributed by atoms with Crippen LogP contribution in [0.2, 0.25) is 5.02 Å². The van der Waals surface area contributed by atoms with Crippen LogP contribution in [0.1, 0.15) is 21.4 Å². The average molecular weight is 336 g/mol. The summed E-state index contributed by atoms with van der Waals surface area (Å²) in [4.78, 5) is 1.73. The van der Waals surface area contributed by atoms with Gasteiger partial charge in [0, 0.05) is 24.8 Å². The van der Waals surface area contributed by atoms with Gasteiger partial charge in [-0.3, -0.25) is 0 Å². The van der Waals surface area contributed by atoms with E-state index in [2.05, 4.69) is 15.9 Å². The first-order valence-corrected chi connectivity index (χ1v) is 6.86. The zero-order chi connectivity index (χ0) is 12.6. The highest BCUT2D eigenvalue weighted by Gasteiger charge is 2.18. The van der Waals surface area contributed by atoms with Crippen LogP contribution < -0.4 is 0 Å². The molecule has 0 aliphatic carbocycles. The maximum Gasteiger partial charge on any atom is 0.129 e. The molecule has 0 fully saturated rings. The monoisotopic (exact) mass is 334 g/mol. The molecule has 17 heavy (non-hydrogen) atoms. The molecule has 0 amide bonds. The van der Waals surface area contributed by atoms with E-state index < -0.39 is 11.9 Å². The summed E-state index contributed by atoms with van der Waals surface area (Å²) in [7, 11) is 0. The van der Waals surface area contributed by atoms with Crippen molar-refractivity contribution >= 4 is 38.9 Å². The normalized spacial score (nSPS) is 12.8. The largest absolute Gasteiger partial charge is 0.383 e. The van der Waals surface area contributed by atoms with Crippen molar-refractivity contribution in [3.8, 4) is 0 Å². The molecule has 1 aromatic heterocycles. The van der Waals surface area contributed by atoms with Crippen LogP contribution >= 0.6 is 38.9 Å². The summed E-state index contributed by atoms with van der Waals surface area (Å²) >= 11 is 10.6. The molecular formula is C12H9BrClFOS. The second kappa shape index (κ2) is 5.06. The molecule has 0 spiro atoms. The summed E-state index contributed by atoms with van der Waals surface area (Å²) in [5.74, 6) is -0.455. The Bertz CT molecular complexity index is 536. The number of aliphatic hydroxyl groups is 1. The van der Waals surface area contributed by atoms with Gasteiger partial charge in [0.1, 0.15) is 11.9 Å². The van der Waals surface area contributed by atoms with E-state index in [9.17, 15) is 9.50 Å². The lowest BCUT2D eigenvalue weighted by atomic mass is 10.1. The van der Waals surface area contributed by atoms with E-state index in [4.69, 9.17) is 11.6 Å². The molecule has 1 atom stereocenters. The van der Waals surface area contributed by atoms with Gasteiger partial charge < -0.3 is 5.11 Å². The van der Waals surface area contributed by atoms with Gasteiger partial charge in [-0.25, -0.2) is 4.39 Å². The lowest BCUT2D eigenvalue weighted by Crippen LogP contribution is -2.00. The van der Waals surface area contributed by atoms with E-state index in [1.54, 1.807) is 6.07 Å². The third-order valence-corrected chi connectivity index (χ3v) is 4.82. The second-order valence-corrected chi connectivity index (χ2v) is 6.20. The number of rotatable bonds is 2. The topological polar surface area (TPSA) is 20.2 Å². The van der Waals surface area contributed by atoms with Gasteiger partial charge in [-0.1, -0.05) is 11.6 Å². The molecule has 90 valence electrons. The van der Waals surface area contributed by atoms with Gasteiger partial charge in [-0.2, -0.15) is 0 Å². The molecule has 0 aliphatic rings. The van der Waals surface area contributed by atoms with Gasteiger partial charge in [0.15, 0.2) is 0 Å². The summed E-state index contributed by atoms with van der Waals surface area (Å²) in [6.45, 7) is 1.93. The zero-order valence-electron chi connectivity index (χ0n) is 8.88. The second-order valence-electron chi connectivity index (χ2n) is 3.62. The molecule has 5 heteroatoms. The zero-order valence-corrected chi connectivity index (χ0v) is 12.0. The van der Waals surface area contributed by atoms with Crippen LogP contribution in [0.3, 0.4) is 0 Å². The van der Waals surface area contributed by atoms with Crippen molar-refractivity contribution in [2.45, 2.75) is 13.0 Å². The van der Waals surface area contributed by atoms with Crippen LogP contribution in [0.4, 0.5) is 4.39 Å². The van der Waals surface area contributed by atoms with Crippen molar-refractivity contribution in [3.05, 3.63) is 54.9 Å². The Kier molecular flexibility index (Phi) is 3.88. The standard InChI is InChI=1S/C12H9BrClFOS/c1-6-9(13)5-11(17-6)12(16)8-4-7(14)2-3-10(8)15/h2-5,12,16H,1H3. The number of hydrogen-bond donors (Lipinski definition) is 1. The van der Waals surface area contributed by atoms with Crippen molar-refractivity contribution in [2.24, 2.45) is 0 Å². The van der Waals surface area contributed by atoms with E-state index in [0.717, 1.165) is 9.35 Å². The fraction of sp³-hybridized carbons (Fsp3) is 0.167. The molecule has 2 aromatic rings. The molecule has 0 aliphatic heterocycles. The van der Waals surface area contributed by atoms with Gasteiger partial charge in [0.25, 0.3) is 0 Å². The molecule has 0 saturated carbocycles. The summed E-state index contributed by atoms with van der Waals surface area (Å²) < 4.78 is 14.5. The highest BCUT2D eigenvalue weighted by atomic mass is 79.9. The lowest BCUT2D eigenvalue weighted by Gasteiger charge is -2.10. The Hall–Kier alpha value is -0.420. The van der Waals surface area contributed by atoms with E-state index in [1.807, 2.05) is 6.92 Å². The highest BCUT2D eigenvalue weighted by Crippen LogP contribution is 2.35. The van der Waals surface area contributed by atoms with Crippen LogP contribution in [-0.4, -0.2) is 5.11 Å². The molecule has 0 saturated heterocycles. The van der Waals surface area contributed by atoms with Crippen LogP contribution in [0.25, 0.3) is 0 Å². The molecule has 1 unspecified atom stereocenters. The number of aryl methyl sites for hydroxylation is 1. The van der Waals surface area contributed by atoms with Crippen molar-refractivity contribution < 1.29 is 9.50 Å². The van der Waals surface area contributed by atoms with Crippen molar-refractivity contribution in [2.75, 3.05) is 0 Å². The summed E-state index contributed by atoms with van der Waals surface area (Å²) in [5, 5.41) is 10.5. The minimum Gasteiger partial charge on any atom is -0.383 e. The third-order valence-electron chi connectivity index (χ3n) is 2.40. The Balaban J connectivity index is 2.42. The molecule has 0 bridgehead atoms. The fourth-order valence-electron chi connectivity index (χ4n) is 1.49. The minimum atomic E-state index is -0.983. The first-order chi connectivity index (χ1) is 7.99. The van der Waals surface area contributed by atoms with E-state index in [0.29, 0.717) is 9.90 Å². The highest BCUT2D eigenvalue weighted by molar-refractivity contribution is 9.10. The predicted octanol–water partition coefficient (Wildman–Crippen LogP) is 4.69. The molecule has 1 nitrogen and oxygen atoms in total. The fourth-order valence-corrected chi connectivity index (χ4v) is 3.24. The Morgan fingerprint density at radius 3 is 2.71 bits per heavy atom. The summed E-state index contributed by atoms with van der Waals surface area (Å²) in [6.07, 6.45) is -0.983. The third kappa shape index (κ3) is 2.71. The first kappa shape index (κ1) is 13.0. The average Bonchev–Trinajstić information content (AvgIpc) is 2.62. The number of thiophene rings is 1. The molecule has 2 rings (SSSR count). The van der Waals surface area contributed by atoms with Gasteiger partial charge in [-0.05, 0) is 47.1 Å². The SMILES string of the molecule is Cc1sc(C(O)c2cc(Cl)ccc2F)cc1Br. The maximum absolute atomic E-state index is 13.6. The van der Waals surface area contributed by atoms with E-state index in [-0.39, 0.29) is 5.56 Å². The van der Waals surface area contributed by atoms with Crippen molar-refractivity contribution in [1.29, 1.82) is 0 Å². The molecule has 0 radical (unpaired) electrons. The van der Waals surface area contributed by atoms with Crippen LogP contribution in [0.5, 0.6) is 0 Å². The summed E-state index contributed by atoms with van der Waals surface area (Å²) in [5.41, 5.74) is 0.200. The Morgan fingerprint density at radius 1 is 1.41 bits per heavy atom. The quantitative estimate of drug-likeness (QED) is 0.844. The number of hydrogen-bond acceptors (Lipinski definition) is 2. The van der Waals surface area contributed by atoms with Gasteiger partial charge in [-0.15, -0.1) is 11.3 Å². The van der Waals surface area contributed by atoms with Gasteiger partial charge >= 0.3 is 0 Å². The van der Waals surface area contributed by atoms with Crippen LogP contribution in [-0.2, 0) is 0 Å². The van der Waals surface area contributed by atoms with Gasteiger partial charge in [0.2, 0.25) is 0 Å². The smallest absolute Gasteiger partial charge is 0.129 e. The van der Waals surface area contributed by atoms with Gasteiger partial charge in [0.05, 0.1) is 0 Å². The van der Waals surface area contributed by atoms with Crippen molar-refractivity contribution in [1.82, 2.24) is 0 Å². The summed E-state index contributed by atoms with van der Waals surface area (Å²) in [6, 6.07) is 5.97. The predicted molar refractivity (Wildman–Crippen MR) is 72.2 cm³/mol. The van der Waals surface area contributed by atoms with Crippen LogP contribution in [0, 0.1) is 12.7 Å². The first-order valence-electron chi connectivity index (χ1n) is 4.88. The Morgan fingerprint density at radius 2 is 2.12 bits per heavy atom. The number of aliphatic hydroxyl groups excluding tert-OH is 1. The molecule has 1 aromatic carbocycles. The lowest BCUT2D eigenvalue weighted by molar-refractivity contribution is 0.218. The van der Waals surface area contributed by atoms with Crippen LogP contribution in [0.15, 0.2) is 28.7 Å². The molecule has 1 heterocycles. The maximum atomic E-state index is 13.6. The number of benzene rings is 1. The number of halogens is 3. The Labute approximate surface area is 116 Å². The molecular weight excluding hydrogens is 327 g/mol. The van der Waals surface area contributed by atoms with E-state index in [1.165, 1.54) is 29.5 Å². The molecule has 1 N–H and O–H groups in total. The van der Waals surface area contributed by atoms with Crippen molar-refractivity contribution in [3.63, 3.8) is 0 Å². The minimum absolute atomic E-state index is 0.200.